The minimum Gasteiger partial charge on any atom is -0.489 e. The van der Waals surface area contributed by atoms with Crippen LogP contribution in [0.2, 0.25) is 5.02 Å². The molecule has 0 amide bonds. The lowest BCUT2D eigenvalue weighted by molar-refractivity contribution is 0.303. The number of hydrogen-bond acceptors (Lipinski definition) is 3. The van der Waals surface area contributed by atoms with Crippen molar-refractivity contribution in [1.29, 1.82) is 0 Å². The summed E-state index contributed by atoms with van der Waals surface area (Å²) in [6, 6.07) is 19.2. The Morgan fingerprint density at radius 3 is 2.71 bits per heavy atom. The Bertz CT molecular complexity index is 1190. The molecule has 0 fully saturated rings. The summed E-state index contributed by atoms with van der Waals surface area (Å²) >= 11 is 9.56. The number of aromatic amines is 2. The van der Waals surface area contributed by atoms with E-state index in [1.165, 1.54) is 0 Å². The molecule has 0 radical (unpaired) electrons. The lowest BCUT2D eigenvalue weighted by Gasteiger charge is -2.14. The van der Waals surface area contributed by atoms with E-state index in [1.54, 1.807) is 0 Å². The van der Waals surface area contributed by atoms with E-state index >= 15 is 0 Å². The Labute approximate surface area is 174 Å². The van der Waals surface area contributed by atoms with Gasteiger partial charge in [0, 0.05) is 27.3 Å². The fraction of sp³-hybridized carbons (Fsp3) is 0.0952. The molecular formula is C21H17BrClN3O2. The van der Waals surface area contributed by atoms with E-state index in [4.69, 9.17) is 16.3 Å². The van der Waals surface area contributed by atoms with Crippen molar-refractivity contribution in [2.24, 2.45) is 0 Å². The van der Waals surface area contributed by atoms with Gasteiger partial charge in [0.15, 0.2) is 0 Å². The predicted molar refractivity (Wildman–Crippen MR) is 116 cm³/mol. The number of rotatable bonds is 6. The number of imidazole rings is 1. The first-order valence-electron chi connectivity index (χ1n) is 8.68. The molecule has 3 N–H and O–H groups in total. The summed E-state index contributed by atoms with van der Waals surface area (Å²) < 4.78 is 7.00. The molecule has 0 unspecified atom stereocenters. The van der Waals surface area contributed by atoms with Crippen molar-refractivity contribution >= 4 is 44.3 Å². The maximum atomic E-state index is 11.4. The van der Waals surface area contributed by atoms with Gasteiger partial charge in [-0.25, -0.2) is 4.79 Å². The Hall–Kier alpha value is -2.70. The van der Waals surface area contributed by atoms with Crippen molar-refractivity contribution in [2.45, 2.75) is 13.2 Å². The van der Waals surface area contributed by atoms with Gasteiger partial charge < -0.3 is 20.0 Å². The van der Waals surface area contributed by atoms with Crippen molar-refractivity contribution in [2.75, 3.05) is 5.32 Å². The van der Waals surface area contributed by atoms with E-state index in [9.17, 15) is 4.79 Å². The van der Waals surface area contributed by atoms with E-state index in [2.05, 4.69) is 31.2 Å². The maximum absolute atomic E-state index is 11.4. The number of hydrogen-bond donors (Lipinski definition) is 3. The van der Waals surface area contributed by atoms with Gasteiger partial charge in [0.1, 0.15) is 12.4 Å². The zero-order chi connectivity index (χ0) is 19.5. The minimum atomic E-state index is -0.212. The van der Waals surface area contributed by atoms with Gasteiger partial charge in [-0.05, 0) is 54.1 Å². The Morgan fingerprint density at radius 2 is 1.86 bits per heavy atom. The van der Waals surface area contributed by atoms with Crippen LogP contribution in [0.4, 0.5) is 5.69 Å². The fourth-order valence-electron chi connectivity index (χ4n) is 2.95. The zero-order valence-electron chi connectivity index (χ0n) is 14.8. The first-order chi connectivity index (χ1) is 13.6. The number of anilines is 1. The third-order valence-electron chi connectivity index (χ3n) is 4.30. The van der Waals surface area contributed by atoms with Crippen LogP contribution in [0.25, 0.3) is 11.0 Å². The lowest BCUT2D eigenvalue weighted by atomic mass is 10.2. The number of ether oxygens (including phenoxy) is 1. The van der Waals surface area contributed by atoms with Gasteiger partial charge in [-0.2, -0.15) is 0 Å². The third-order valence-corrected chi connectivity index (χ3v) is 5.03. The first kappa shape index (κ1) is 18.7. The molecule has 4 aromatic rings. The van der Waals surface area contributed by atoms with Gasteiger partial charge in [-0.1, -0.05) is 39.7 Å². The van der Waals surface area contributed by atoms with Crippen molar-refractivity contribution in [1.82, 2.24) is 9.97 Å². The number of halogens is 2. The van der Waals surface area contributed by atoms with Crippen molar-refractivity contribution < 1.29 is 4.74 Å². The number of fused-ring (bicyclic) bond motifs is 1. The normalized spacial score (nSPS) is 10.9. The van der Waals surface area contributed by atoms with Crippen LogP contribution in [-0.4, -0.2) is 9.97 Å². The molecule has 7 heteroatoms. The maximum Gasteiger partial charge on any atom is 0.323 e. The van der Waals surface area contributed by atoms with Gasteiger partial charge in [0.25, 0.3) is 0 Å². The highest BCUT2D eigenvalue weighted by Crippen LogP contribution is 2.26. The zero-order valence-corrected chi connectivity index (χ0v) is 17.1. The molecule has 0 aliphatic heterocycles. The second kappa shape index (κ2) is 8.12. The van der Waals surface area contributed by atoms with Crippen LogP contribution in [0.5, 0.6) is 5.75 Å². The molecule has 0 spiro atoms. The average Bonchev–Trinajstić information content (AvgIpc) is 3.05. The summed E-state index contributed by atoms with van der Waals surface area (Å²) in [5.41, 5.74) is 4.26. The van der Waals surface area contributed by atoms with Gasteiger partial charge in [0.2, 0.25) is 0 Å². The average molecular weight is 459 g/mol. The number of nitrogens with one attached hydrogen (secondary N) is 3. The standard InChI is InChI=1S/C21H17BrClN3O2/c22-15-4-7-20(28-12-13-2-1-3-16(23)8-13)14(9-15)11-24-17-5-6-18-19(10-17)26-21(27)25-18/h1-10,24H,11-12H2,(H2,25,26,27). The fourth-order valence-corrected chi connectivity index (χ4v) is 3.58. The van der Waals surface area contributed by atoms with Gasteiger partial charge in [0.05, 0.1) is 11.0 Å². The molecule has 1 aromatic heterocycles. The van der Waals surface area contributed by atoms with E-state index in [0.29, 0.717) is 18.2 Å². The van der Waals surface area contributed by atoms with Crippen LogP contribution in [0.15, 0.2) is 69.9 Å². The van der Waals surface area contributed by atoms with Crippen LogP contribution in [0, 0.1) is 0 Å². The molecule has 3 aromatic carbocycles. The van der Waals surface area contributed by atoms with Crippen LogP contribution in [0.1, 0.15) is 11.1 Å². The summed E-state index contributed by atoms with van der Waals surface area (Å²) in [5.74, 6) is 0.798. The van der Waals surface area contributed by atoms with Gasteiger partial charge in [-0.15, -0.1) is 0 Å². The second-order valence-corrected chi connectivity index (χ2v) is 7.72. The quantitative estimate of drug-likeness (QED) is 0.359. The second-order valence-electron chi connectivity index (χ2n) is 6.36. The molecule has 142 valence electrons. The summed E-state index contributed by atoms with van der Waals surface area (Å²) in [5, 5.41) is 4.07. The van der Waals surface area contributed by atoms with Crippen molar-refractivity contribution in [3.05, 3.63) is 91.8 Å². The molecule has 0 saturated carbocycles. The van der Waals surface area contributed by atoms with Crippen molar-refractivity contribution in [3.63, 3.8) is 0 Å². The predicted octanol–water partition coefficient (Wildman–Crippen LogP) is 5.46. The molecule has 1 heterocycles. The van der Waals surface area contributed by atoms with Crippen LogP contribution in [0.3, 0.4) is 0 Å². The van der Waals surface area contributed by atoms with E-state index in [1.807, 2.05) is 60.7 Å². The molecule has 0 aliphatic carbocycles. The number of H-pyrrole nitrogens is 2. The molecule has 28 heavy (non-hydrogen) atoms. The van der Waals surface area contributed by atoms with Crippen LogP contribution >= 0.6 is 27.5 Å². The summed E-state index contributed by atoms with van der Waals surface area (Å²) in [6.07, 6.45) is 0. The topological polar surface area (TPSA) is 69.9 Å². The Balaban J connectivity index is 1.49. The SMILES string of the molecule is O=c1[nH]c2ccc(NCc3cc(Br)ccc3OCc3cccc(Cl)c3)cc2[nH]1. The molecule has 0 aliphatic rings. The monoisotopic (exact) mass is 457 g/mol. The van der Waals surface area contributed by atoms with E-state index in [-0.39, 0.29) is 5.69 Å². The molecule has 0 atom stereocenters. The largest absolute Gasteiger partial charge is 0.489 e. The highest BCUT2D eigenvalue weighted by molar-refractivity contribution is 9.10. The molecule has 0 bridgehead atoms. The highest BCUT2D eigenvalue weighted by Gasteiger charge is 2.07. The van der Waals surface area contributed by atoms with Gasteiger partial charge >= 0.3 is 5.69 Å². The molecule has 0 saturated heterocycles. The highest BCUT2D eigenvalue weighted by atomic mass is 79.9. The molecule has 5 nitrogen and oxygen atoms in total. The lowest BCUT2D eigenvalue weighted by Crippen LogP contribution is -2.04. The molecule has 4 rings (SSSR count). The van der Waals surface area contributed by atoms with E-state index in [0.717, 1.165) is 38.1 Å². The molecular weight excluding hydrogens is 442 g/mol. The summed E-state index contributed by atoms with van der Waals surface area (Å²) in [7, 11) is 0. The first-order valence-corrected chi connectivity index (χ1v) is 9.85. The summed E-state index contributed by atoms with van der Waals surface area (Å²) in [6.45, 7) is 1.01. The third kappa shape index (κ3) is 4.40. The van der Waals surface area contributed by atoms with Crippen LogP contribution in [-0.2, 0) is 13.2 Å². The van der Waals surface area contributed by atoms with Crippen LogP contribution < -0.4 is 15.7 Å². The smallest absolute Gasteiger partial charge is 0.323 e. The van der Waals surface area contributed by atoms with Crippen molar-refractivity contribution in [3.8, 4) is 5.75 Å². The van der Waals surface area contributed by atoms with Gasteiger partial charge in [-0.3, -0.25) is 0 Å². The number of benzene rings is 3. The Morgan fingerprint density at radius 1 is 1.00 bits per heavy atom. The van der Waals surface area contributed by atoms with E-state index < -0.39 is 0 Å². The minimum absolute atomic E-state index is 0.212. The number of aromatic nitrogens is 2. The Kier molecular flexibility index (Phi) is 5.41. The summed E-state index contributed by atoms with van der Waals surface area (Å²) in [4.78, 5) is 16.9.